The van der Waals surface area contributed by atoms with E-state index in [-0.39, 0.29) is 0 Å². The molecule has 5 heteroatoms. The Morgan fingerprint density at radius 1 is 1.07 bits per heavy atom. The summed E-state index contributed by atoms with van der Waals surface area (Å²) >= 11 is 0. The van der Waals surface area contributed by atoms with Crippen LogP contribution in [0.1, 0.15) is 30.5 Å². The van der Waals surface area contributed by atoms with E-state index in [9.17, 15) is 0 Å². The second-order valence-electron chi connectivity index (χ2n) is 8.57. The standard InChI is InChI=1S/C22H33N5/c1-19-7-10-23-21(16-19)27-13-4-6-20(27)17-26-12-5-11-25(3)22(18-26)8-14-24(2)15-9-22/h4,6-7,10,13,16H,5,8-9,11-12,14-15,17-18H2,1-3H3. The predicted molar refractivity (Wildman–Crippen MR) is 110 cm³/mol. The van der Waals surface area contributed by atoms with Gasteiger partial charge in [-0.25, -0.2) is 4.98 Å². The molecule has 0 bridgehead atoms. The topological polar surface area (TPSA) is 27.5 Å². The molecule has 0 N–H and O–H groups in total. The molecule has 2 aliphatic rings. The summed E-state index contributed by atoms with van der Waals surface area (Å²) in [6.45, 7) is 9.10. The number of likely N-dealkylation sites (N-methyl/N-ethyl adjacent to an activating group) is 1. The van der Waals surface area contributed by atoms with E-state index in [0.717, 1.165) is 12.4 Å². The van der Waals surface area contributed by atoms with E-state index in [1.807, 2.05) is 6.20 Å². The first-order valence-electron chi connectivity index (χ1n) is 10.3. The van der Waals surface area contributed by atoms with Gasteiger partial charge in [-0.1, -0.05) is 0 Å². The molecular formula is C22H33N5. The van der Waals surface area contributed by atoms with Crippen LogP contribution in [0.15, 0.2) is 36.7 Å². The number of piperidine rings is 1. The summed E-state index contributed by atoms with van der Waals surface area (Å²) in [7, 11) is 4.59. The first-order valence-corrected chi connectivity index (χ1v) is 10.3. The van der Waals surface area contributed by atoms with Gasteiger partial charge in [0.2, 0.25) is 0 Å². The van der Waals surface area contributed by atoms with Crippen molar-refractivity contribution in [3.63, 3.8) is 0 Å². The van der Waals surface area contributed by atoms with Crippen LogP contribution in [0.25, 0.3) is 5.82 Å². The molecule has 2 aromatic heterocycles. The molecule has 0 saturated carbocycles. The minimum atomic E-state index is 0.335. The molecule has 5 nitrogen and oxygen atoms in total. The van der Waals surface area contributed by atoms with Crippen LogP contribution in [-0.4, -0.2) is 76.6 Å². The largest absolute Gasteiger partial charge is 0.306 e. The minimum absolute atomic E-state index is 0.335. The van der Waals surface area contributed by atoms with Crippen LogP contribution in [0.2, 0.25) is 0 Å². The van der Waals surface area contributed by atoms with E-state index in [1.54, 1.807) is 0 Å². The molecule has 1 spiro atoms. The number of likely N-dealkylation sites (tertiary alicyclic amines) is 1. The molecule has 0 aromatic carbocycles. The predicted octanol–water partition coefficient (Wildman–Crippen LogP) is 2.78. The summed E-state index contributed by atoms with van der Waals surface area (Å²) in [5.41, 5.74) is 2.92. The molecule has 0 atom stereocenters. The minimum Gasteiger partial charge on any atom is -0.306 e. The van der Waals surface area contributed by atoms with Crippen LogP contribution in [0.3, 0.4) is 0 Å². The summed E-state index contributed by atoms with van der Waals surface area (Å²) in [4.78, 5) is 12.4. The molecule has 0 radical (unpaired) electrons. The van der Waals surface area contributed by atoms with E-state index in [2.05, 4.69) is 75.7 Å². The maximum atomic E-state index is 4.59. The van der Waals surface area contributed by atoms with Crippen molar-refractivity contribution < 1.29 is 0 Å². The number of pyridine rings is 1. The molecule has 0 amide bonds. The van der Waals surface area contributed by atoms with Gasteiger partial charge in [0.25, 0.3) is 0 Å². The van der Waals surface area contributed by atoms with Crippen molar-refractivity contribution in [3.05, 3.63) is 47.9 Å². The van der Waals surface area contributed by atoms with Crippen LogP contribution in [-0.2, 0) is 6.54 Å². The molecule has 27 heavy (non-hydrogen) atoms. The highest BCUT2D eigenvalue weighted by Crippen LogP contribution is 2.31. The van der Waals surface area contributed by atoms with Gasteiger partial charge in [-0.3, -0.25) is 9.80 Å². The molecule has 4 heterocycles. The molecule has 0 aliphatic carbocycles. The van der Waals surface area contributed by atoms with Crippen molar-refractivity contribution in [2.45, 2.75) is 38.3 Å². The lowest BCUT2D eigenvalue weighted by molar-refractivity contribution is 0.0334. The summed E-state index contributed by atoms with van der Waals surface area (Å²) in [6.07, 6.45) is 7.85. The number of aromatic nitrogens is 2. The van der Waals surface area contributed by atoms with Crippen molar-refractivity contribution in [2.75, 3.05) is 46.8 Å². The first kappa shape index (κ1) is 18.7. The number of hydrogen-bond acceptors (Lipinski definition) is 4. The van der Waals surface area contributed by atoms with E-state index >= 15 is 0 Å². The monoisotopic (exact) mass is 367 g/mol. The lowest BCUT2D eigenvalue weighted by atomic mass is 9.85. The molecule has 4 rings (SSSR count). The zero-order valence-electron chi connectivity index (χ0n) is 17.1. The van der Waals surface area contributed by atoms with Crippen LogP contribution in [0.4, 0.5) is 0 Å². The van der Waals surface area contributed by atoms with Gasteiger partial charge in [-0.2, -0.15) is 0 Å². The summed E-state index contributed by atoms with van der Waals surface area (Å²) in [5, 5.41) is 0. The van der Waals surface area contributed by atoms with Crippen molar-refractivity contribution in [1.29, 1.82) is 0 Å². The van der Waals surface area contributed by atoms with Gasteiger partial charge >= 0.3 is 0 Å². The van der Waals surface area contributed by atoms with Crippen LogP contribution in [0.5, 0.6) is 0 Å². The number of hydrogen-bond donors (Lipinski definition) is 0. The smallest absolute Gasteiger partial charge is 0.137 e. The maximum absolute atomic E-state index is 4.59. The average Bonchev–Trinajstić information content (AvgIpc) is 3.05. The Kier molecular flexibility index (Phi) is 5.35. The van der Waals surface area contributed by atoms with Crippen LogP contribution < -0.4 is 0 Å². The third kappa shape index (κ3) is 3.96. The van der Waals surface area contributed by atoms with Gasteiger partial charge in [0.05, 0.1) is 0 Å². The van der Waals surface area contributed by atoms with Gasteiger partial charge < -0.3 is 9.47 Å². The van der Waals surface area contributed by atoms with Crippen molar-refractivity contribution >= 4 is 0 Å². The highest BCUT2D eigenvalue weighted by atomic mass is 15.3. The Morgan fingerprint density at radius 2 is 1.89 bits per heavy atom. The number of aryl methyl sites for hydroxylation is 1. The molecule has 2 fully saturated rings. The second-order valence-corrected chi connectivity index (χ2v) is 8.57. The highest BCUT2D eigenvalue weighted by Gasteiger charge is 2.40. The summed E-state index contributed by atoms with van der Waals surface area (Å²) < 4.78 is 2.25. The van der Waals surface area contributed by atoms with E-state index in [0.29, 0.717) is 5.54 Å². The molecule has 2 aromatic rings. The molecular weight excluding hydrogens is 334 g/mol. The van der Waals surface area contributed by atoms with Gasteiger partial charge in [0.15, 0.2) is 0 Å². The van der Waals surface area contributed by atoms with Crippen molar-refractivity contribution in [3.8, 4) is 5.82 Å². The highest BCUT2D eigenvalue weighted by molar-refractivity contribution is 5.31. The fourth-order valence-electron chi connectivity index (χ4n) is 4.74. The van der Waals surface area contributed by atoms with Crippen molar-refractivity contribution in [2.24, 2.45) is 0 Å². The average molecular weight is 368 g/mol. The fraction of sp³-hybridized carbons (Fsp3) is 0.591. The van der Waals surface area contributed by atoms with Gasteiger partial charge in [0, 0.05) is 36.7 Å². The summed E-state index contributed by atoms with van der Waals surface area (Å²) in [5.74, 6) is 1.02. The Balaban J connectivity index is 1.54. The number of rotatable bonds is 3. The third-order valence-corrected chi connectivity index (χ3v) is 6.58. The molecule has 2 saturated heterocycles. The molecule has 2 aliphatic heterocycles. The first-order chi connectivity index (χ1) is 13.1. The zero-order chi connectivity index (χ0) is 18.9. The quantitative estimate of drug-likeness (QED) is 0.834. The van der Waals surface area contributed by atoms with E-state index in [1.165, 1.54) is 63.2 Å². The van der Waals surface area contributed by atoms with Crippen LogP contribution in [0, 0.1) is 6.92 Å². The van der Waals surface area contributed by atoms with E-state index < -0.39 is 0 Å². The van der Waals surface area contributed by atoms with Gasteiger partial charge in [0.1, 0.15) is 5.82 Å². The van der Waals surface area contributed by atoms with Crippen molar-refractivity contribution in [1.82, 2.24) is 24.3 Å². The number of nitrogens with zero attached hydrogens (tertiary/aromatic N) is 5. The Hall–Kier alpha value is -1.69. The molecule has 146 valence electrons. The molecule has 0 unspecified atom stereocenters. The normalized spacial score (nSPS) is 22.2. The third-order valence-electron chi connectivity index (χ3n) is 6.58. The Labute approximate surface area is 163 Å². The van der Waals surface area contributed by atoms with E-state index in [4.69, 9.17) is 0 Å². The Bertz CT molecular complexity index is 760. The van der Waals surface area contributed by atoms with Gasteiger partial charge in [-0.05, 0) is 96.3 Å². The van der Waals surface area contributed by atoms with Gasteiger partial charge in [-0.15, -0.1) is 0 Å². The lowest BCUT2D eigenvalue weighted by Crippen LogP contribution is -2.57. The second kappa shape index (κ2) is 7.74. The summed E-state index contributed by atoms with van der Waals surface area (Å²) in [6, 6.07) is 8.62. The fourth-order valence-corrected chi connectivity index (χ4v) is 4.74. The maximum Gasteiger partial charge on any atom is 0.137 e. The SMILES string of the molecule is Cc1ccnc(-n2cccc2CN2CCCN(C)C3(CCN(C)CC3)C2)c1. The van der Waals surface area contributed by atoms with Crippen LogP contribution >= 0.6 is 0 Å². The Morgan fingerprint density at radius 3 is 2.67 bits per heavy atom. The zero-order valence-corrected chi connectivity index (χ0v) is 17.1. The lowest BCUT2D eigenvalue weighted by Gasteiger charge is -2.47.